The predicted molar refractivity (Wildman–Crippen MR) is 68.8 cm³/mol. The molecule has 0 N–H and O–H groups in total. The zero-order valence-electron chi connectivity index (χ0n) is 12.8. The van der Waals surface area contributed by atoms with Gasteiger partial charge in [-0.15, -0.1) is 0 Å². The van der Waals surface area contributed by atoms with Gasteiger partial charge in [0.2, 0.25) is 0 Å². The molecule has 6 heteroatoms. The maximum absolute atomic E-state index is 11.6. The van der Waals surface area contributed by atoms with Crippen LogP contribution in [0.1, 0.15) is 13.1 Å². The first-order valence-corrected chi connectivity index (χ1v) is 5.62. The Morgan fingerprint density at radius 3 is 2.30 bits per heavy atom. The molecule has 106 valence electrons. The predicted octanol–water partition coefficient (Wildman–Crippen LogP) is 1.12. The van der Waals surface area contributed by atoms with Crippen LogP contribution >= 0.6 is 0 Å². The number of methoxy groups -OCH3 is 1. The maximum Gasteiger partial charge on any atom is 0.338 e. The standard InChI is InChI=1S/C14H14O6/c1-18-12(15)7-8-13(16)19-9-10-20-14(17)11-5-3-2-4-6-11/h2-8H,9-10H2,1H3/b8-7+/i7D,8D. The Morgan fingerprint density at radius 1 is 1.05 bits per heavy atom. The molecule has 0 aliphatic heterocycles. The van der Waals surface area contributed by atoms with Crippen molar-refractivity contribution < 1.29 is 31.3 Å². The number of ether oxygens (including phenoxy) is 3. The highest BCUT2D eigenvalue weighted by Gasteiger charge is 2.06. The molecule has 0 unspecified atom stereocenters. The lowest BCUT2D eigenvalue weighted by Gasteiger charge is -2.04. The van der Waals surface area contributed by atoms with Crippen molar-refractivity contribution in [3.63, 3.8) is 0 Å². The summed E-state index contributed by atoms with van der Waals surface area (Å²) in [5.41, 5.74) is 0.356. The van der Waals surface area contributed by atoms with Crippen molar-refractivity contribution in [1.29, 1.82) is 0 Å². The first-order valence-electron chi connectivity index (χ1n) is 6.62. The molecule has 0 bridgehead atoms. The second kappa shape index (κ2) is 8.47. The van der Waals surface area contributed by atoms with E-state index in [1.54, 1.807) is 30.3 Å². The first kappa shape index (κ1) is 12.4. The SMILES string of the molecule is [2H]/C(C(=O)OC)=C(/[2H])C(=O)OCCOC(=O)c1ccccc1. The molecule has 0 saturated carbocycles. The van der Waals surface area contributed by atoms with Gasteiger partial charge >= 0.3 is 17.9 Å². The molecule has 0 aromatic heterocycles. The lowest BCUT2D eigenvalue weighted by atomic mass is 10.2. The van der Waals surface area contributed by atoms with E-state index in [0.29, 0.717) is 5.56 Å². The van der Waals surface area contributed by atoms with Crippen molar-refractivity contribution in [3.05, 3.63) is 48.0 Å². The van der Waals surface area contributed by atoms with Gasteiger partial charge in [-0.05, 0) is 12.1 Å². The van der Waals surface area contributed by atoms with Crippen LogP contribution < -0.4 is 0 Å². The Hall–Kier alpha value is -2.63. The Morgan fingerprint density at radius 2 is 1.65 bits per heavy atom. The monoisotopic (exact) mass is 280 g/mol. The van der Waals surface area contributed by atoms with Crippen LogP contribution in [0.15, 0.2) is 42.4 Å². The van der Waals surface area contributed by atoms with E-state index < -0.39 is 30.0 Å². The van der Waals surface area contributed by atoms with E-state index in [1.165, 1.54) is 0 Å². The van der Waals surface area contributed by atoms with E-state index in [4.69, 9.17) is 7.48 Å². The molecule has 0 heterocycles. The minimum absolute atomic E-state index is 0.210. The summed E-state index contributed by atoms with van der Waals surface area (Å²) in [5, 5.41) is 0. The number of carbonyl (C=O) groups excluding carboxylic acids is 3. The van der Waals surface area contributed by atoms with Crippen molar-refractivity contribution in [3.8, 4) is 0 Å². The Labute approximate surface area is 118 Å². The van der Waals surface area contributed by atoms with Gasteiger partial charge in [-0.25, -0.2) is 14.4 Å². The minimum Gasteiger partial charge on any atom is -0.466 e. The smallest absolute Gasteiger partial charge is 0.338 e. The fourth-order valence-corrected chi connectivity index (χ4v) is 1.12. The maximum atomic E-state index is 11.6. The quantitative estimate of drug-likeness (QED) is 0.336. The third-order valence-corrected chi connectivity index (χ3v) is 2.01. The average Bonchev–Trinajstić information content (AvgIpc) is 2.56. The number of esters is 3. The molecule has 0 radical (unpaired) electrons. The highest BCUT2D eigenvalue weighted by molar-refractivity contribution is 5.91. The Kier molecular flexibility index (Phi) is 5.25. The summed E-state index contributed by atoms with van der Waals surface area (Å²) >= 11 is 0. The van der Waals surface area contributed by atoms with Crippen LogP contribution in [0.5, 0.6) is 0 Å². The summed E-state index contributed by atoms with van der Waals surface area (Å²) in [6.45, 7) is -0.507. The van der Waals surface area contributed by atoms with Crippen molar-refractivity contribution in [2.45, 2.75) is 0 Å². The van der Waals surface area contributed by atoms with Gasteiger partial charge in [0.1, 0.15) is 13.2 Å². The molecule has 0 saturated heterocycles. The molecule has 1 rings (SSSR count). The minimum atomic E-state index is -1.17. The van der Waals surface area contributed by atoms with Crippen LogP contribution in [0.2, 0.25) is 0 Å². The van der Waals surface area contributed by atoms with Crippen molar-refractivity contribution >= 4 is 17.9 Å². The number of hydrogen-bond acceptors (Lipinski definition) is 6. The largest absolute Gasteiger partial charge is 0.466 e. The summed E-state index contributed by atoms with van der Waals surface area (Å²) < 4.78 is 28.2. The van der Waals surface area contributed by atoms with E-state index in [2.05, 4.69) is 9.47 Å². The molecular weight excluding hydrogens is 264 g/mol. The van der Waals surface area contributed by atoms with E-state index >= 15 is 0 Å². The van der Waals surface area contributed by atoms with Gasteiger partial charge in [0.05, 0.1) is 15.4 Å². The van der Waals surface area contributed by atoms with Crippen molar-refractivity contribution in [2.24, 2.45) is 0 Å². The van der Waals surface area contributed by atoms with E-state index in [9.17, 15) is 14.4 Å². The molecule has 20 heavy (non-hydrogen) atoms. The fourth-order valence-electron chi connectivity index (χ4n) is 1.12. The van der Waals surface area contributed by atoms with Crippen molar-refractivity contribution in [2.75, 3.05) is 20.3 Å². The second-order valence-electron chi connectivity index (χ2n) is 3.38. The summed E-state index contributed by atoms with van der Waals surface area (Å²) in [5.74, 6) is -2.86. The van der Waals surface area contributed by atoms with Crippen LogP contribution in [0, 0.1) is 0 Å². The highest BCUT2D eigenvalue weighted by atomic mass is 16.6. The first-order chi connectivity index (χ1) is 10.5. The molecular formula is C14H14O6. The molecule has 1 aromatic rings. The number of benzene rings is 1. The van der Waals surface area contributed by atoms with Gasteiger partial charge in [-0.1, -0.05) is 18.2 Å². The molecule has 6 nitrogen and oxygen atoms in total. The van der Waals surface area contributed by atoms with Crippen LogP contribution in [0.3, 0.4) is 0 Å². The average molecular weight is 280 g/mol. The van der Waals surface area contributed by atoms with Gasteiger partial charge in [-0.3, -0.25) is 0 Å². The normalized spacial score (nSPS) is 12.4. The summed E-state index contributed by atoms with van der Waals surface area (Å²) in [6.07, 6.45) is 0. The highest BCUT2D eigenvalue weighted by Crippen LogP contribution is 2.00. The molecule has 0 aliphatic carbocycles. The molecule has 0 aliphatic rings. The van der Waals surface area contributed by atoms with Crippen LogP contribution in [-0.2, 0) is 23.8 Å². The van der Waals surface area contributed by atoms with Gasteiger partial charge < -0.3 is 14.2 Å². The molecule has 0 spiro atoms. The Bertz CT molecular complexity index is 582. The summed E-state index contributed by atoms with van der Waals surface area (Å²) in [7, 11) is 1.03. The van der Waals surface area contributed by atoms with Gasteiger partial charge in [0.25, 0.3) is 0 Å². The third kappa shape index (κ3) is 5.81. The van der Waals surface area contributed by atoms with Gasteiger partial charge in [0.15, 0.2) is 0 Å². The van der Waals surface area contributed by atoms with E-state index in [-0.39, 0.29) is 13.2 Å². The lowest BCUT2D eigenvalue weighted by Crippen LogP contribution is -2.13. The molecule has 0 amide bonds. The third-order valence-electron chi connectivity index (χ3n) is 2.01. The number of carbonyl (C=O) groups is 3. The summed E-state index contributed by atoms with van der Waals surface area (Å²) in [6, 6.07) is 6.41. The molecule has 0 fully saturated rings. The summed E-state index contributed by atoms with van der Waals surface area (Å²) in [4.78, 5) is 33.9. The van der Waals surface area contributed by atoms with E-state index in [1.807, 2.05) is 0 Å². The van der Waals surface area contributed by atoms with Gasteiger partial charge in [0, 0.05) is 12.1 Å². The fraction of sp³-hybridized carbons (Fsp3) is 0.214. The van der Waals surface area contributed by atoms with E-state index in [0.717, 1.165) is 7.11 Å². The molecule has 1 aromatic carbocycles. The van der Waals surface area contributed by atoms with Crippen LogP contribution in [0.25, 0.3) is 0 Å². The number of hydrogen-bond donors (Lipinski definition) is 0. The number of rotatable bonds is 6. The Balaban J connectivity index is 2.40. The zero-order chi connectivity index (χ0) is 16.5. The van der Waals surface area contributed by atoms with Crippen LogP contribution in [-0.4, -0.2) is 38.2 Å². The topological polar surface area (TPSA) is 78.9 Å². The second-order valence-corrected chi connectivity index (χ2v) is 3.38. The van der Waals surface area contributed by atoms with Crippen molar-refractivity contribution in [1.82, 2.24) is 0 Å². The zero-order valence-corrected chi connectivity index (χ0v) is 10.8. The lowest BCUT2D eigenvalue weighted by molar-refractivity contribution is -0.140. The molecule has 0 atom stereocenters. The van der Waals surface area contributed by atoms with Gasteiger partial charge in [-0.2, -0.15) is 0 Å². The van der Waals surface area contributed by atoms with Crippen LogP contribution in [0.4, 0.5) is 0 Å².